The van der Waals surface area contributed by atoms with Gasteiger partial charge in [0.15, 0.2) is 11.5 Å². The molecule has 2 saturated heterocycles. The van der Waals surface area contributed by atoms with Crippen LogP contribution in [0.2, 0.25) is 0 Å². The summed E-state index contributed by atoms with van der Waals surface area (Å²) in [5.74, 6) is 2.14. The normalized spacial score (nSPS) is 20.8. The number of benzene rings is 1. The molecule has 11 heteroatoms. The van der Waals surface area contributed by atoms with Crippen molar-refractivity contribution in [1.82, 2.24) is 14.9 Å². The molecule has 162 valence electrons. The van der Waals surface area contributed by atoms with E-state index >= 15 is 0 Å². The van der Waals surface area contributed by atoms with Crippen molar-refractivity contribution in [3.63, 3.8) is 0 Å². The molecular weight excluding hydrogens is 394 g/mol. The van der Waals surface area contributed by atoms with Crippen molar-refractivity contribution in [3.05, 3.63) is 12.1 Å². The third-order valence-corrected chi connectivity index (χ3v) is 5.28. The first-order valence-corrected chi connectivity index (χ1v) is 9.32. The van der Waals surface area contributed by atoms with Gasteiger partial charge in [0.25, 0.3) is 6.47 Å². The van der Waals surface area contributed by atoms with E-state index in [0.29, 0.717) is 60.3 Å². The van der Waals surface area contributed by atoms with Crippen LogP contribution in [0.25, 0.3) is 10.9 Å². The van der Waals surface area contributed by atoms with E-state index in [-0.39, 0.29) is 24.5 Å². The minimum Gasteiger partial charge on any atom is -0.493 e. The summed E-state index contributed by atoms with van der Waals surface area (Å²) in [6, 6.07) is 3.54. The second-order valence-electron chi connectivity index (χ2n) is 6.87. The van der Waals surface area contributed by atoms with Gasteiger partial charge in [-0.05, 0) is 6.07 Å². The van der Waals surface area contributed by atoms with Crippen molar-refractivity contribution in [2.75, 3.05) is 51.6 Å². The largest absolute Gasteiger partial charge is 0.493 e. The van der Waals surface area contributed by atoms with E-state index in [4.69, 9.17) is 29.8 Å². The van der Waals surface area contributed by atoms with Crippen LogP contribution in [0.3, 0.4) is 0 Å². The van der Waals surface area contributed by atoms with Gasteiger partial charge in [-0.25, -0.2) is 4.98 Å². The standard InChI is InChI=1S/C18H23N5O4.CH2O2/c1-22-12-8-23(9-15(12)27-5-4-16(22)24)18-20-11-7-14(26-3)13(25-2)6-10(11)17(19)21-18;2-1-3/h6-7,12,15H,4-5,8-9H2,1-3H3,(H2,19,20,21);1H,(H,2,3)/t12-,15-;/m0./s1. The smallest absolute Gasteiger partial charge is 0.290 e. The molecule has 30 heavy (non-hydrogen) atoms. The highest BCUT2D eigenvalue weighted by atomic mass is 16.5. The number of likely N-dealkylation sites (N-methyl/N-ethyl adjacent to an activating group) is 1. The second-order valence-corrected chi connectivity index (χ2v) is 6.87. The van der Waals surface area contributed by atoms with Gasteiger partial charge < -0.3 is 34.9 Å². The van der Waals surface area contributed by atoms with Gasteiger partial charge in [-0.15, -0.1) is 0 Å². The van der Waals surface area contributed by atoms with E-state index < -0.39 is 0 Å². The molecule has 3 heterocycles. The predicted molar refractivity (Wildman–Crippen MR) is 109 cm³/mol. The van der Waals surface area contributed by atoms with Crippen molar-refractivity contribution in [3.8, 4) is 11.5 Å². The topological polar surface area (TPSA) is 140 Å². The van der Waals surface area contributed by atoms with E-state index in [0.717, 1.165) is 0 Å². The van der Waals surface area contributed by atoms with E-state index in [2.05, 4.69) is 9.97 Å². The minimum atomic E-state index is -0.250. The number of rotatable bonds is 3. The van der Waals surface area contributed by atoms with Gasteiger partial charge in [-0.1, -0.05) is 0 Å². The van der Waals surface area contributed by atoms with Crippen molar-refractivity contribution in [2.24, 2.45) is 0 Å². The molecule has 2 aliphatic heterocycles. The quantitative estimate of drug-likeness (QED) is 0.670. The molecule has 2 atom stereocenters. The van der Waals surface area contributed by atoms with Crippen LogP contribution in [0, 0.1) is 0 Å². The number of hydrogen-bond donors (Lipinski definition) is 2. The van der Waals surface area contributed by atoms with Gasteiger partial charge in [0.2, 0.25) is 11.9 Å². The molecule has 2 fully saturated rings. The van der Waals surface area contributed by atoms with Crippen LogP contribution < -0.4 is 20.1 Å². The maximum Gasteiger partial charge on any atom is 0.290 e. The maximum atomic E-state index is 12.1. The first-order valence-electron chi connectivity index (χ1n) is 9.32. The van der Waals surface area contributed by atoms with Gasteiger partial charge in [0.05, 0.1) is 44.9 Å². The number of nitrogens with two attached hydrogens (primary N) is 1. The first-order chi connectivity index (χ1) is 14.4. The van der Waals surface area contributed by atoms with Gasteiger partial charge in [0.1, 0.15) is 5.82 Å². The molecule has 4 rings (SSSR count). The highest BCUT2D eigenvalue weighted by Gasteiger charge is 2.40. The van der Waals surface area contributed by atoms with Gasteiger partial charge >= 0.3 is 0 Å². The Morgan fingerprint density at radius 2 is 1.90 bits per heavy atom. The molecule has 0 bridgehead atoms. The molecule has 11 nitrogen and oxygen atoms in total. The van der Waals surface area contributed by atoms with E-state index in [1.54, 1.807) is 31.3 Å². The maximum absolute atomic E-state index is 12.1. The van der Waals surface area contributed by atoms with Crippen molar-refractivity contribution in [2.45, 2.75) is 18.6 Å². The summed E-state index contributed by atoms with van der Waals surface area (Å²) in [7, 11) is 4.97. The fourth-order valence-electron chi connectivity index (χ4n) is 3.72. The number of amides is 1. The lowest BCUT2D eigenvalue weighted by Crippen LogP contribution is -2.42. The monoisotopic (exact) mass is 419 g/mol. The molecule has 0 saturated carbocycles. The molecule has 2 aromatic rings. The van der Waals surface area contributed by atoms with Gasteiger partial charge in [0, 0.05) is 31.6 Å². The lowest BCUT2D eigenvalue weighted by atomic mass is 10.2. The van der Waals surface area contributed by atoms with Crippen molar-refractivity contribution in [1.29, 1.82) is 0 Å². The summed E-state index contributed by atoms with van der Waals surface area (Å²) in [5.41, 5.74) is 6.86. The summed E-state index contributed by atoms with van der Waals surface area (Å²) in [6.45, 7) is 1.40. The summed E-state index contributed by atoms with van der Waals surface area (Å²) in [6.07, 6.45) is 0.359. The Morgan fingerprint density at radius 1 is 1.23 bits per heavy atom. The molecule has 0 unspecified atom stereocenters. The zero-order valence-electron chi connectivity index (χ0n) is 17.1. The number of nitrogen functional groups attached to an aromatic ring is 1. The van der Waals surface area contributed by atoms with E-state index in [1.165, 1.54) is 0 Å². The Morgan fingerprint density at radius 3 is 2.57 bits per heavy atom. The molecule has 2 aliphatic rings. The molecule has 0 radical (unpaired) electrons. The van der Waals surface area contributed by atoms with Crippen LogP contribution >= 0.6 is 0 Å². The lowest BCUT2D eigenvalue weighted by Gasteiger charge is -2.25. The number of ether oxygens (including phenoxy) is 3. The SMILES string of the molecule is COc1cc2nc(N3C[C@@H]4OCCC(=O)N(C)[C@H]4C3)nc(N)c2cc1OC.O=CO. The van der Waals surface area contributed by atoms with Crippen LogP contribution in [0.1, 0.15) is 6.42 Å². The Bertz CT molecular complexity index is 939. The highest BCUT2D eigenvalue weighted by molar-refractivity contribution is 5.91. The number of fused-ring (bicyclic) bond motifs is 2. The molecule has 1 amide bonds. The summed E-state index contributed by atoms with van der Waals surface area (Å²) >= 11 is 0. The summed E-state index contributed by atoms with van der Waals surface area (Å²) in [4.78, 5) is 33.4. The number of hydrogen-bond acceptors (Lipinski definition) is 9. The summed E-state index contributed by atoms with van der Waals surface area (Å²) < 4.78 is 16.6. The average Bonchev–Trinajstić information content (AvgIpc) is 3.11. The third-order valence-electron chi connectivity index (χ3n) is 5.28. The fourth-order valence-corrected chi connectivity index (χ4v) is 3.72. The van der Waals surface area contributed by atoms with Crippen molar-refractivity contribution >= 4 is 35.0 Å². The molecular formula is C19H25N5O6. The minimum absolute atomic E-state index is 0.0223. The molecule has 0 aliphatic carbocycles. The van der Waals surface area contributed by atoms with Crippen LogP contribution in [-0.4, -0.2) is 85.5 Å². The predicted octanol–water partition coefficient (Wildman–Crippen LogP) is 0.366. The first kappa shape index (κ1) is 21.4. The number of nitrogens with zero attached hydrogens (tertiary/aromatic N) is 4. The van der Waals surface area contributed by atoms with E-state index in [1.807, 2.05) is 11.9 Å². The average molecular weight is 419 g/mol. The Labute approximate surface area is 173 Å². The Kier molecular flexibility index (Phi) is 6.40. The Hall–Kier alpha value is -3.34. The molecule has 3 N–H and O–H groups in total. The molecule has 1 aromatic carbocycles. The molecule has 1 aromatic heterocycles. The second kappa shape index (κ2) is 8.99. The van der Waals surface area contributed by atoms with Crippen LogP contribution in [0.5, 0.6) is 11.5 Å². The highest BCUT2D eigenvalue weighted by Crippen LogP contribution is 2.35. The number of anilines is 2. The fraction of sp³-hybridized carbons (Fsp3) is 0.474. The van der Waals surface area contributed by atoms with Gasteiger partial charge in [-0.2, -0.15) is 4.98 Å². The lowest BCUT2D eigenvalue weighted by molar-refractivity contribution is -0.130. The van der Waals surface area contributed by atoms with Crippen LogP contribution in [0.4, 0.5) is 11.8 Å². The number of aromatic nitrogens is 2. The number of methoxy groups -OCH3 is 2. The molecule has 0 spiro atoms. The summed E-state index contributed by atoms with van der Waals surface area (Å²) in [5, 5.41) is 7.59. The van der Waals surface area contributed by atoms with Gasteiger partial charge in [-0.3, -0.25) is 9.59 Å². The number of carboxylic acid groups (broad SMARTS) is 1. The number of carbonyl (C=O) groups is 2. The van der Waals surface area contributed by atoms with E-state index in [9.17, 15) is 4.79 Å². The third kappa shape index (κ3) is 4.01. The zero-order chi connectivity index (χ0) is 21.8. The van der Waals surface area contributed by atoms with Crippen LogP contribution in [0.15, 0.2) is 12.1 Å². The van der Waals surface area contributed by atoms with Crippen LogP contribution in [-0.2, 0) is 14.3 Å². The Balaban J connectivity index is 0.000000806. The number of carbonyl (C=O) groups excluding carboxylic acids is 1. The van der Waals surface area contributed by atoms with Crippen molar-refractivity contribution < 1.29 is 28.9 Å². The zero-order valence-corrected chi connectivity index (χ0v) is 17.1.